The molecule has 0 aromatic heterocycles. The summed E-state index contributed by atoms with van der Waals surface area (Å²) in [6, 6.07) is 41.4. The number of unbranched alkanes of at least 4 members (excludes halogenated alkanes) is 1. The molecule has 0 heterocycles. The molecule has 0 saturated carbocycles. The first kappa shape index (κ1) is 23.2. The first-order chi connectivity index (χ1) is 16.3. The normalized spacial score (nSPS) is 11.3. The highest BCUT2D eigenvalue weighted by Crippen LogP contribution is 2.55. The summed E-state index contributed by atoms with van der Waals surface area (Å²) in [5.41, 5.74) is 1.18. The van der Waals surface area contributed by atoms with Gasteiger partial charge < -0.3 is 9.47 Å². The van der Waals surface area contributed by atoms with E-state index in [-0.39, 0.29) is 0 Å². The van der Waals surface area contributed by atoms with Crippen LogP contribution in [0.15, 0.2) is 115 Å². The molecule has 4 aromatic rings. The van der Waals surface area contributed by atoms with Gasteiger partial charge in [0, 0.05) is 6.61 Å². The molecule has 0 fully saturated rings. The molecule has 2 nitrogen and oxygen atoms in total. The van der Waals surface area contributed by atoms with E-state index in [0.29, 0.717) is 6.61 Å². The smallest absolute Gasteiger partial charge is 0.118 e. The Hall–Kier alpha value is -2.93. The van der Waals surface area contributed by atoms with Crippen molar-refractivity contribution in [3.63, 3.8) is 0 Å². The average Bonchev–Trinajstić information content (AvgIpc) is 2.90. The van der Waals surface area contributed by atoms with Gasteiger partial charge in [0.25, 0.3) is 0 Å². The van der Waals surface area contributed by atoms with E-state index < -0.39 is 7.26 Å². The van der Waals surface area contributed by atoms with Crippen molar-refractivity contribution in [3.05, 3.63) is 121 Å². The van der Waals surface area contributed by atoms with Crippen molar-refractivity contribution >= 4 is 23.2 Å². The number of methoxy groups -OCH3 is 1. The maximum atomic E-state index is 6.00. The molecule has 0 bridgehead atoms. The van der Waals surface area contributed by atoms with Crippen molar-refractivity contribution in [1.82, 2.24) is 0 Å². The summed E-state index contributed by atoms with van der Waals surface area (Å²) in [6.07, 6.45) is 3.30. The van der Waals surface area contributed by atoms with E-state index in [9.17, 15) is 0 Å². The molecule has 0 aliphatic carbocycles. The van der Waals surface area contributed by atoms with E-state index in [1.807, 2.05) is 12.1 Å². The highest BCUT2D eigenvalue weighted by molar-refractivity contribution is 7.95. The lowest BCUT2D eigenvalue weighted by atomic mass is 10.2. The van der Waals surface area contributed by atoms with Gasteiger partial charge in [-0.05, 0) is 66.9 Å². The molecule has 0 unspecified atom stereocenters. The predicted molar refractivity (Wildman–Crippen MR) is 142 cm³/mol. The minimum atomic E-state index is -1.74. The zero-order chi connectivity index (χ0) is 22.8. The molecule has 33 heavy (non-hydrogen) atoms. The summed E-state index contributed by atoms with van der Waals surface area (Å²) in [6.45, 7) is 1.41. The van der Waals surface area contributed by atoms with Gasteiger partial charge in [0.2, 0.25) is 0 Å². The van der Waals surface area contributed by atoms with Gasteiger partial charge >= 0.3 is 0 Å². The quantitative estimate of drug-likeness (QED) is 0.204. The Labute approximate surface area is 198 Å². The zero-order valence-electron chi connectivity index (χ0n) is 19.3. The molecule has 0 saturated heterocycles. The van der Waals surface area contributed by atoms with Gasteiger partial charge in [0.15, 0.2) is 0 Å². The highest BCUT2D eigenvalue weighted by Gasteiger charge is 2.44. The minimum Gasteiger partial charge on any atom is -0.497 e. The topological polar surface area (TPSA) is 18.5 Å². The second kappa shape index (κ2) is 11.8. The molecule has 0 aliphatic rings. The summed E-state index contributed by atoms with van der Waals surface area (Å²) in [5, 5.41) is 4.34. The van der Waals surface area contributed by atoms with Crippen molar-refractivity contribution in [2.45, 2.75) is 19.4 Å². The van der Waals surface area contributed by atoms with Crippen LogP contribution < -0.4 is 20.7 Å². The summed E-state index contributed by atoms with van der Waals surface area (Å²) in [7, 11) is -0.0495. The molecule has 168 valence electrons. The monoisotopic (exact) mass is 455 g/mol. The van der Waals surface area contributed by atoms with Crippen LogP contribution >= 0.6 is 7.26 Å². The largest absolute Gasteiger partial charge is 0.497 e. The second-order valence-corrected chi connectivity index (χ2v) is 11.8. The number of rotatable bonds is 11. The fraction of sp³-hybridized carbons (Fsp3) is 0.200. The van der Waals surface area contributed by atoms with Gasteiger partial charge in [-0.15, -0.1) is 0 Å². The number of benzene rings is 4. The van der Waals surface area contributed by atoms with Gasteiger partial charge in [-0.2, -0.15) is 0 Å². The number of hydrogen-bond donors (Lipinski definition) is 0. The molecule has 4 rings (SSSR count). The second-order valence-electron chi connectivity index (χ2n) is 8.15. The maximum absolute atomic E-state index is 6.00. The Kier molecular flexibility index (Phi) is 8.30. The molecule has 0 aliphatic heterocycles. The van der Waals surface area contributed by atoms with Gasteiger partial charge in [-0.1, -0.05) is 66.7 Å². The van der Waals surface area contributed by atoms with Crippen LogP contribution in [-0.4, -0.2) is 19.9 Å². The van der Waals surface area contributed by atoms with E-state index in [4.69, 9.17) is 9.47 Å². The molecule has 0 atom stereocenters. The molecule has 3 heteroatoms. The van der Waals surface area contributed by atoms with Crippen molar-refractivity contribution in [2.24, 2.45) is 0 Å². The lowest BCUT2D eigenvalue weighted by Crippen LogP contribution is -2.33. The number of ether oxygens (including phenoxy) is 2. The molecule has 0 radical (unpaired) electrons. The van der Waals surface area contributed by atoms with Crippen molar-refractivity contribution in [1.29, 1.82) is 0 Å². The van der Waals surface area contributed by atoms with Crippen LogP contribution in [0.5, 0.6) is 5.75 Å². The van der Waals surface area contributed by atoms with Crippen LogP contribution in [0.3, 0.4) is 0 Å². The van der Waals surface area contributed by atoms with Gasteiger partial charge in [0.1, 0.15) is 28.9 Å². The Morgan fingerprint density at radius 1 is 0.576 bits per heavy atom. The third-order valence-corrected chi connectivity index (χ3v) is 10.6. The molecular weight excluding hydrogens is 423 g/mol. The summed E-state index contributed by atoms with van der Waals surface area (Å²) >= 11 is 0. The molecule has 0 amide bonds. The molecule has 4 aromatic carbocycles. The Balaban J connectivity index is 1.48. The van der Waals surface area contributed by atoms with Crippen LogP contribution in [0.2, 0.25) is 0 Å². The summed E-state index contributed by atoms with van der Waals surface area (Å²) < 4.78 is 11.2. The number of hydrogen-bond acceptors (Lipinski definition) is 2. The van der Waals surface area contributed by atoms with Gasteiger partial charge in [0.05, 0.1) is 19.9 Å². The van der Waals surface area contributed by atoms with Gasteiger partial charge in [-0.3, -0.25) is 0 Å². The molecule has 0 N–H and O–H groups in total. The van der Waals surface area contributed by atoms with E-state index in [1.54, 1.807) is 7.11 Å². The van der Waals surface area contributed by atoms with Crippen molar-refractivity contribution < 1.29 is 9.47 Å². The fourth-order valence-corrected chi connectivity index (χ4v) is 8.76. The Morgan fingerprint density at radius 2 is 1.06 bits per heavy atom. The third-order valence-electron chi connectivity index (χ3n) is 6.05. The zero-order valence-corrected chi connectivity index (χ0v) is 20.2. The summed E-state index contributed by atoms with van der Waals surface area (Å²) in [5.74, 6) is 0.877. The standard InChI is InChI=1S/C30H32O2P/c1-31-27-21-19-26(20-22-27)25-32-23-11-12-24-33(28-13-5-2-6-14-28,29-15-7-3-8-16-29)30-17-9-4-10-18-30/h2-10,13-22H,11-12,23-25H2,1H3/q+1. The van der Waals surface area contributed by atoms with Crippen LogP contribution in [0.1, 0.15) is 18.4 Å². The SMILES string of the molecule is COc1ccc(COCCCC[P+](c2ccccc2)(c2ccccc2)c2ccccc2)cc1. The van der Waals surface area contributed by atoms with E-state index >= 15 is 0 Å². The Bertz CT molecular complexity index is 984. The minimum absolute atomic E-state index is 0.639. The molecular formula is C30H32O2P+. The first-order valence-corrected chi connectivity index (χ1v) is 13.6. The molecule has 0 spiro atoms. The summed E-state index contributed by atoms with van der Waals surface area (Å²) in [4.78, 5) is 0. The average molecular weight is 456 g/mol. The van der Waals surface area contributed by atoms with Crippen molar-refractivity contribution in [2.75, 3.05) is 19.9 Å². The Morgan fingerprint density at radius 3 is 1.52 bits per heavy atom. The van der Waals surface area contributed by atoms with Crippen LogP contribution in [-0.2, 0) is 11.3 Å². The maximum Gasteiger partial charge on any atom is 0.118 e. The third kappa shape index (κ3) is 5.71. The predicted octanol–water partition coefficient (Wildman–Crippen LogP) is 5.99. The fourth-order valence-electron chi connectivity index (χ4n) is 4.35. The van der Waals surface area contributed by atoms with Crippen LogP contribution in [0, 0.1) is 0 Å². The highest BCUT2D eigenvalue weighted by atomic mass is 31.2. The van der Waals surface area contributed by atoms with Crippen molar-refractivity contribution in [3.8, 4) is 5.75 Å². The van der Waals surface area contributed by atoms with Crippen LogP contribution in [0.25, 0.3) is 0 Å². The van der Waals surface area contributed by atoms with E-state index in [0.717, 1.165) is 31.4 Å². The lowest BCUT2D eigenvalue weighted by molar-refractivity contribution is 0.118. The first-order valence-electron chi connectivity index (χ1n) is 11.6. The lowest BCUT2D eigenvalue weighted by Gasteiger charge is -2.27. The van der Waals surface area contributed by atoms with E-state index in [2.05, 4.69) is 103 Å². The van der Waals surface area contributed by atoms with E-state index in [1.165, 1.54) is 21.5 Å². The van der Waals surface area contributed by atoms with Gasteiger partial charge in [-0.25, -0.2) is 0 Å². The van der Waals surface area contributed by atoms with Crippen LogP contribution in [0.4, 0.5) is 0 Å².